The molecule has 0 aromatic carbocycles. The van der Waals surface area contributed by atoms with Gasteiger partial charge in [0.1, 0.15) is 0 Å². The van der Waals surface area contributed by atoms with E-state index in [9.17, 15) is 9.59 Å². The lowest BCUT2D eigenvalue weighted by Gasteiger charge is -2.31. The minimum Gasteiger partial charge on any atom is -0.350 e. The van der Waals surface area contributed by atoms with E-state index in [4.69, 9.17) is 5.73 Å². The van der Waals surface area contributed by atoms with Crippen LogP contribution in [0.1, 0.15) is 41.0 Å². The van der Waals surface area contributed by atoms with Crippen LogP contribution in [0.4, 0.5) is 0 Å². The van der Waals surface area contributed by atoms with E-state index in [-0.39, 0.29) is 30.4 Å². The molecule has 18 heavy (non-hydrogen) atoms. The Morgan fingerprint density at radius 3 is 2.06 bits per heavy atom. The summed E-state index contributed by atoms with van der Waals surface area (Å²) in [6, 6.07) is 0. The van der Waals surface area contributed by atoms with Gasteiger partial charge in [0, 0.05) is 19.1 Å². The Bertz CT molecular complexity index is 304. The highest BCUT2D eigenvalue weighted by atomic mass is 16.2. The summed E-state index contributed by atoms with van der Waals surface area (Å²) in [7, 11) is 1.63. The first-order chi connectivity index (χ1) is 8.05. The summed E-state index contributed by atoms with van der Waals surface area (Å²) < 4.78 is 0. The van der Waals surface area contributed by atoms with Crippen LogP contribution in [0.2, 0.25) is 0 Å². The Morgan fingerprint density at radius 2 is 1.72 bits per heavy atom. The summed E-state index contributed by atoms with van der Waals surface area (Å²) in [4.78, 5) is 25.4. The third-order valence-electron chi connectivity index (χ3n) is 2.99. The molecular formula is C13H27N3O2. The van der Waals surface area contributed by atoms with Crippen molar-refractivity contribution in [2.75, 3.05) is 20.1 Å². The van der Waals surface area contributed by atoms with E-state index in [1.54, 1.807) is 7.05 Å². The molecule has 0 aromatic heterocycles. The van der Waals surface area contributed by atoms with Crippen LogP contribution in [0.3, 0.4) is 0 Å². The maximum absolute atomic E-state index is 12.2. The first kappa shape index (κ1) is 16.9. The fourth-order valence-electron chi connectivity index (χ4n) is 1.59. The van der Waals surface area contributed by atoms with Crippen LogP contribution in [0.15, 0.2) is 0 Å². The van der Waals surface area contributed by atoms with Crippen LogP contribution in [0.5, 0.6) is 0 Å². The predicted molar refractivity (Wildman–Crippen MR) is 73.0 cm³/mol. The molecule has 1 unspecified atom stereocenters. The Hall–Kier alpha value is -1.10. The van der Waals surface area contributed by atoms with Crippen molar-refractivity contribution in [2.45, 2.75) is 46.6 Å². The summed E-state index contributed by atoms with van der Waals surface area (Å²) in [6.45, 7) is 9.81. The topological polar surface area (TPSA) is 75.4 Å². The minimum atomic E-state index is -0.587. The largest absolute Gasteiger partial charge is 0.350 e. The van der Waals surface area contributed by atoms with E-state index < -0.39 is 5.41 Å². The molecule has 0 rings (SSSR count). The van der Waals surface area contributed by atoms with Crippen LogP contribution in [-0.4, -0.2) is 42.4 Å². The number of amides is 2. The molecule has 0 radical (unpaired) electrons. The smallest absolute Gasteiger partial charge is 0.240 e. The zero-order chi connectivity index (χ0) is 14.6. The normalized spacial score (nSPS) is 14.8. The second-order valence-corrected chi connectivity index (χ2v) is 6.08. The van der Waals surface area contributed by atoms with Crippen LogP contribution in [-0.2, 0) is 9.59 Å². The number of carbonyl (C=O) groups excluding carboxylic acids is 2. The third-order valence-corrected chi connectivity index (χ3v) is 2.99. The minimum absolute atomic E-state index is 0.0612. The molecule has 0 saturated heterocycles. The number of rotatable bonds is 5. The van der Waals surface area contributed by atoms with Crippen molar-refractivity contribution in [3.05, 3.63) is 0 Å². The SMILES string of the molecule is CCC(C)(CN)C(=O)N(C)CC(=O)NC(C)(C)C. The second-order valence-electron chi connectivity index (χ2n) is 6.08. The zero-order valence-electron chi connectivity index (χ0n) is 12.5. The van der Waals surface area contributed by atoms with E-state index >= 15 is 0 Å². The van der Waals surface area contributed by atoms with E-state index in [2.05, 4.69) is 5.32 Å². The van der Waals surface area contributed by atoms with Crippen molar-refractivity contribution in [1.82, 2.24) is 10.2 Å². The van der Waals surface area contributed by atoms with Crippen LogP contribution < -0.4 is 11.1 Å². The molecule has 0 aliphatic rings. The molecule has 0 spiro atoms. The van der Waals surface area contributed by atoms with Gasteiger partial charge in [-0.2, -0.15) is 0 Å². The van der Waals surface area contributed by atoms with Gasteiger partial charge in [0.15, 0.2) is 0 Å². The van der Waals surface area contributed by atoms with E-state index in [0.29, 0.717) is 6.42 Å². The number of nitrogens with one attached hydrogen (secondary N) is 1. The van der Waals surface area contributed by atoms with Gasteiger partial charge in [0.25, 0.3) is 0 Å². The van der Waals surface area contributed by atoms with Crippen LogP contribution >= 0.6 is 0 Å². The van der Waals surface area contributed by atoms with Gasteiger partial charge in [-0.3, -0.25) is 9.59 Å². The van der Waals surface area contributed by atoms with Gasteiger partial charge < -0.3 is 16.0 Å². The molecule has 0 aliphatic carbocycles. The molecule has 106 valence electrons. The maximum atomic E-state index is 12.2. The van der Waals surface area contributed by atoms with Crippen molar-refractivity contribution in [3.63, 3.8) is 0 Å². The molecule has 0 saturated carbocycles. The van der Waals surface area contributed by atoms with Crippen molar-refractivity contribution in [3.8, 4) is 0 Å². The summed E-state index contributed by atoms with van der Waals surface area (Å²) in [5.41, 5.74) is 4.77. The lowest BCUT2D eigenvalue weighted by molar-refractivity contribution is -0.142. The molecule has 5 heteroatoms. The number of hydrogen-bond acceptors (Lipinski definition) is 3. The highest BCUT2D eigenvalue weighted by Gasteiger charge is 2.33. The van der Waals surface area contributed by atoms with Crippen LogP contribution in [0, 0.1) is 5.41 Å². The van der Waals surface area contributed by atoms with E-state index in [0.717, 1.165) is 0 Å². The standard InChI is InChI=1S/C13H27N3O2/c1-7-13(5,9-14)11(18)16(6)8-10(17)15-12(2,3)4/h7-9,14H2,1-6H3,(H,15,17). The van der Waals surface area contributed by atoms with Gasteiger partial charge >= 0.3 is 0 Å². The van der Waals surface area contributed by atoms with Gasteiger partial charge in [-0.1, -0.05) is 6.92 Å². The molecule has 3 N–H and O–H groups in total. The predicted octanol–water partition coefficient (Wildman–Crippen LogP) is 0.735. The lowest BCUT2D eigenvalue weighted by Crippen LogP contribution is -2.50. The van der Waals surface area contributed by atoms with Crippen molar-refractivity contribution < 1.29 is 9.59 Å². The van der Waals surface area contributed by atoms with Gasteiger partial charge in [-0.25, -0.2) is 0 Å². The molecule has 5 nitrogen and oxygen atoms in total. The average molecular weight is 257 g/mol. The fourth-order valence-corrected chi connectivity index (χ4v) is 1.59. The average Bonchev–Trinajstić information content (AvgIpc) is 2.24. The number of likely N-dealkylation sites (N-methyl/N-ethyl adjacent to an activating group) is 1. The Labute approximate surface area is 110 Å². The zero-order valence-corrected chi connectivity index (χ0v) is 12.5. The third kappa shape index (κ3) is 5.04. The number of nitrogens with two attached hydrogens (primary N) is 1. The van der Waals surface area contributed by atoms with E-state index in [1.165, 1.54) is 4.90 Å². The fraction of sp³-hybridized carbons (Fsp3) is 0.846. The van der Waals surface area contributed by atoms with E-state index in [1.807, 2.05) is 34.6 Å². The Balaban J connectivity index is 4.54. The van der Waals surface area contributed by atoms with Gasteiger partial charge in [0.05, 0.1) is 12.0 Å². The van der Waals surface area contributed by atoms with Gasteiger partial charge in [0.2, 0.25) is 11.8 Å². The first-order valence-electron chi connectivity index (χ1n) is 6.32. The number of hydrogen-bond donors (Lipinski definition) is 2. The lowest BCUT2D eigenvalue weighted by atomic mass is 9.86. The number of nitrogens with zero attached hydrogens (tertiary/aromatic N) is 1. The molecule has 0 aromatic rings. The molecular weight excluding hydrogens is 230 g/mol. The highest BCUT2D eigenvalue weighted by molar-refractivity contribution is 5.87. The first-order valence-corrected chi connectivity index (χ1v) is 6.32. The second kappa shape index (κ2) is 6.18. The van der Waals surface area contributed by atoms with Crippen molar-refractivity contribution in [1.29, 1.82) is 0 Å². The Kier molecular flexibility index (Phi) is 5.80. The highest BCUT2D eigenvalue weighted by Crippen LogP contribution is 2.21. The summed E-state index contributed by atoms with van der Waals surface area (Å²) >= 11 is 0. The van der Waals surface area contributed by atoms with Gasteiger partial charge in [-0.05, 0) is 34.1 Å². The summed E-state index contributed by atoms with van der Waals surface area (Å²) in [5.74, 6) is -0.245. The molecule has 2 amide bonds. The monoisotopic (exact) mass is 257 g/mol. The molecule has 0 aliphatic heterocycles. The molecule has 0 heterocycles. The maximum Gasteiger partial charge on any atom is 0.240 e. The Morgan fingerprint density at radius 1 is 1.22 bits per heavy atom. The van der Waals surface area contributed by atoms with Crippen molar-refractivity contribution >= 4 is 11.8 Å². The van der Waals surface area contributed by atoms with Crippen molar-refractivity contribution in [2.24, 2.45) is 11.1 Å². The van der Waals surface area contributed by atoms with Crippen LogP contribution in [0.25, 0.3) is 0 Å². The summed E-state index contributed by atoms with van der Waals surface area (Å²) in [5, 5.41) is 2.83. The van der Waals surface area contributed by atoms with Gasteiger partial charge in [-0.15, -0.1) is 0 Å². The number of carbonyl (C=O) groups is 2. The quantitative estimate of drug-likeness (QED) is 0.762. The molecule has 1 atom stereocenters. The summed E-state index contributed by atoms with van der Waals surface area (Å²) in [6.07, 6.45) is 0.660. The molecule has 0 bridgehead atoms. The molecule has 0 fully saturated rings.